The molecule has 0 amide bonds. The SMILES string of the molecule is CNCc1ccc(-c2csc(C)c2)cc1F. The molecule has 1 N–H and O–H groups in total. The summed E-state index contributed by atoms with van der Waals surface area (Å²) in [6, 6.07) is 7.50. The van der Waals surface area contributed by atoms with Gasteiger partial charge < -0.3 is 5.32 Å². The fourth-order valence-electron chi connectivity index (χ4n) is 1.66. The number of hydrogen-bond acceptors (Lipinski definition) is 2. The standard InChI is InChI=1S/C13H14FNS/c1-9-5-12(8-16-9)10-3-4-11(7-15-2)13(14)6-10/h3-6,8,15H,7H2,1-2H3. The van der Waals surface area contributed by atoms with Crippen LogP contribution < -0.4 is 5.32 Å². The van der Waals surface area contributed by atoms with Gasteiger partial charge in [0.15, 0.2) is 0 Å². The number of rotatable bonds is 3. The lowest BCUT2D eigenvalue weighted by Gasteiger charge is -2.04. The van der Waals surface area contributed by atoms with Crippen molar-refractivity contribution in [3.8, 4) is 11.1 Å². The smallest absolute Gasteiger partial charge is 0.128 e. The molecule has 84 valence electrons. The van der Waals surface area contributed by atoms with Crippen LogP contribution in [0.2, 0.25) is 0 Å². The Balaban J connectivity index is 2.34. The molecule has 0 atom stereocenters. The first kappa shape index (κ1) is 11.3. The molecule has 1 aromatic carbocycles. The van der Waals surface area contributed by atoms with Crippen LogP contribution >= 0.6 is 11.3 Å². The number of benzene rings is 1. The van der Waals surface area contributed by atoms with Gasteiger partial charge in [-0.2, -0.15) is 0 Å². The molecule has 0 aliphatic rings. The minimum Gasteiger partial charge on any atom is -0.316 e. The van der Waals surface area contributed by atoms with Gasteiger partial charge in [-0.25, -0.2) is 4.39 Å². The lowest BCUT2D eigenvalue weighted by Crippen LogP contribution is -2.06. The van der Waals surface area contributed by atoms with Gasteiger partial charge in [0.1, 0.15) is 5.82 Å². The van der Waals surface area contributed by atoms with Gasteiger partial charge in [0.2, 0.25) is 0 Å². The van der Waals surface area contributed by atoms with Crippen molar-refractivity contribution in [2.24, 2.45) is 0 Å². The lowest BCUT2D eigenvalue weighted by atomic mass is 10.1. The first-order valence-electron chi connectivity index (χ1n) is 5.19. The Morgan fingerprint density at radius 3 is 2.62 bits per heavy atom. The molecular formula is C13H14FNS. The van der Waals surface area contributed by atoms with Crippen molar-refractivity contribution in [2.75, 3.05) is 7.05 Å². The zero-order chi connectivity index (χ0) is 11.5. The molecule has 0 unspecified atom stereocenters. The third-order valence-corrected chi connectivity index (χ3v) is 3.35. The van der Waals surface area contributed by atoms with Crippen LogP contribution in [0.5, 0.6) is 0 Å². The molecule has 0 aliphatic heterocycles. The van der Waals surface area contributed by atoms with Gasteiger partial charge in [0, 0.05) is 17.0 Å². The predicted molar refractivity (Wildman–Crippen MR) is 67.2 cm³/mol. The van der Waals surface area contributed by atoms with E-state index in [0.29, 0.717) is 12.1 Å². The Morgan fingerprint density at radius 1 is 1.25 bits per heavy atom. The van der Waals surface area contributed by atoms with E-state index < -0.39 is 0 Å². The van der Waals surface area contributed by atoms with E-state index in [1.165, 1.54) is 4.88 Å². The van der Waals surface area contributed by atoms with Crippen molar-refractivity contribution in [2.45, 2.75) is 13.5 Å². The summed E-state index contributed by atoms with van der Waals surface area (Å²) in [5.41, 5.74) is 2.75. The first-order chi connectivity index (χ1) is 7.70. The van der Waals surface area contributed by atoms with Gasteiger partial charge >= 0.3 is 0 Å². The van der Waals surface area contributed by atoms with E-state index in [1.807, 2.05) is 19.2 Å². The Hall–Kier alpha value is -1.19. The predicted octanol–water partition coefficient (Wildman–Crippen LogP) is 3.58. The molecule has 16 heavy (non-hydrogen) atoms. The highest BCUT2D eigenvalue weighted by atomic mass is 32.1. The summed E-state index contributed by atoms with van der Waals surface area (Å²) in [7, 11) is 1.82. The molecular weight excluding hydrogens is 221 g/mol. The summed E-state index contributed by atoms with van der Waals surface area (Å²) in [6.07, 6.45) is 0. The Labute approximate surface area is 98.9 Å². The maximum Gasteiger partial charge on any atom is 0.128 e. The van der Waals surface area contributed by atoms with Crippen LogP contribution in [-0.4, -0.2) is 7.05 Å². The molecule has 0 spiro atoms. The van der Waals surface area contributed by atoms with E-state index >= 15 is 0 Å². The monoisotopic (exact) mass is 235 g/mol. The summed E-state index contributed by atoms with van der Waals surface area (Å²) in [6.45, 7) is 2.62. The van der Waals surface area contributed by atoms with Gasteiger partial charge in [0.25, 0.3) is 0 Å². The average molecular weight is 235 g/mol. The molecule has 0 fully saturated rings. The Bertz CT molecular complexity index is 490. The van der Waals surface area contributed by atoms with Crippen LogP contribution in [0, 0.1) is 12.7 Å². The molecule has 0 bridgehead atoms. The van der Waals surface area contributed by atoms with Crippen LogP contribution in [0.15, 0.2) is 29.6 Å². The Morgan fingerprint density at radius 2 is 2.06 bits per heavy atom. The highest BCUT2D eigenvalue weighted by Crippen LogP contribution is 2.26. The molecule has 1 heterocycles. The molecule has 1 aromatic heterocycles. The van der Waals surface area contributed by atoms with E-state index in [1.54, 1.807) is 17.4 Å². The van der Waals surface area contributed by atoms with Gasteiger partial charge in [-0.05, 0) is 42.6 Å². The maximum absolute atomic E-state index is 13.7. The highest BCUT2D eigenvalue weighted by Gasteiger charge is 2.05. The minimum absolute atomic E-state index is 0.143. The number of aryl methyl sites for hydroxylation is 1. The van der Waals surface area contributed by atoms with Gasteiger partial charge in [0.05, 0.1) is 0 Å². The van der Waals surface area contributed by atoms with Gasteiger partial charge in [-0.1, -0.05) is 12.1 Å². The fraction of sp³-hybridized carbons (Fsp3) is 0.231. The summed E-state index contributed by atoms with van der Waals surface area (Å²) in [4.78, 5) is 1.25. The van der Waals surface area contributed by atoms with Crippen molar-refractivity contribution in [3.05, 3.63) is 45.9 Å². The van der Waals surface area contributed by atoms with Crippen LogP contribution in [0.1, 0.15) is 10.4 Å². The van der Waals surface area contributed by atoms with Crippen molar-refractivity contribution >= 4 is 11.3 Å². The molecule has 2 aromatic rings. The quantitative estimate of drug-likeness (QED) is 0.857. The largest absolute Gasteiger partial charge is 0.316 e. The molecule has 0 saturated heterocycles. The summed E-state index contributed by atoms with van der Waals surface area (Å²) >= 11 is 1.68. The third kappa shape index (κ3) is 2.31. The second kappa shape index (κ2) is 4.76. The van der Waals surface area contributed by atoms with Crippen LogP contribution in [-0.2, 0) is 6.54 Å². The second-order valence-corrected chi connectivity index (χ2v) is 4.90. The molecule has 0 radical (unpaired) electrons. The second-order valence-electron chi connectivity index (χ2n) is 3.78. The minimum atomic E-state index is -0.143. The van der Waals surface area contributed by atoms with Gasteiger partial charge in [-0.15, -0.1) is 11.3 Å². The molecule has 1 nitrogen and oxygen atoms in total. The van der Waals surface area contributed by atoms with Crippen molar-refractivity contribution < 1.29 is 4.39 Å². The maximum atomic E-state index is 13.7. The normalized spacial score (nSPS) is 10.7. The summed E-state index contributed by atoms with van der Waals surface area (Å²) < 4.78 is 13.7. The number of thiophene rings is 1. The van der Waals surface area contributed by atoms with Crippen LogP contribution in [0.4, 0.5) is 4.39 Å². The van der Waals surface area contributed by atoms with E-state index in [4.69, 9.17) is 0 Å². The van der Waals surface area contributed by atoms with Crippen LogP contribution in [0.25, 0.3) is 11.1 Å². The topological polar surface area (TPSA) is 12.0 Å². The molecule has 0 saturated carbocycles. The lowest BCUT2D eigenvalue weighted by molar-refractivity contribution is 0.601. The number of halogens is 1. The number of hydrogen-bond donors (Lipinski definition) is 1. The van der Waals surface area contributed by atoms with Crippen LogP contribution in [0.3, 0.4) is 0 Å². The third-order valence-electron chi connectivity index (χ3n) is 2.48. The van der Waals surface area contributed by atoms with Crippen molar-refractivity contribution in [1.82, 2.24) is 5.32 Å². The van der Waals surface area contributed by atoms with E-state index in [0.717, 1.165) is 11.1 Å². The summed E-state index contributed by atoms with van der Waals surface area (Å²) in [5.74, 6) is -0.143. The number of nitrogens with one attached hydrogen (secondary N) is 1. The molecule has 2 rings (SSSR count). The fourth-order valence-corrected chi connectivity index (χ4v) is 2.37. The average Bonchev–Trinajstić information content (AvgIpc) is 2.68. The van der Waals surface area contributed by atoms with Crippen molar-refractivity contribution in [3.63, 3.8) is 0 Å². The van der Waals surface area contributed by atoms with Gasteiger partial charge in [-0.3, -0.25) is 0 Å². The molecule has 0 aliphatic carbocycles. The zero-order valence-electron chi connectivity index (χ0n) is 9.38. The molecule has 3 heteroatoms. The Kier molecular flexibility index (Phi) is 3.36. The van der Waals surface area contributed by atoms with Crippen molar-refractivity contribution in [1.29, 1.82) is 0 Å². The van der Waals surface area contributed by atoms with E-state index in [9.17, 15) is 4.39 Å². The highest BCUT2D eigenvalue weighted by molar-refractivity contribution is 7.10. The first-order valence-corrected chi connectivity index (χ1v) is 6.07. The van der Waals surface area contributed by atoms with E-state index in [-0.39, 0.29) is 5.82 Å². The van der Waals surface area contributed by atoms with E-state index in [2.05, 4.69) is 23.7 Å². The zero-order valence-corrected chi connectivity index (χ0v) is 10.2. The summed E-state index contributed by atoms with van der Waals surface area (Å²) in [5, 5.41) is 5.01.